The van der Waals surface area contributed by atoms with Crippen LogP contribution in [0.1, 0.15) is 36.8 Å². The van der Waals surface area contributed by atoms with E-state index in [9.17, 15) is 0 Å². The standard InChI is InChI=1S/C21H28N2O3/c1-3-26-20-13-15(7-8-19(20)24-2)14-23-18-6-4-5-17(21(18)22)16-9-11-25-12-10-16/h4-8,13,16,23H,3,9-12,14,22H2,1-2H3. The maximum Gasteiger partial charge on any atom is 0.161 e. The molecule has 0 atom stereocenters. The average molecular weight is 356 g/mol. The molecule has 140 valence electrons. The Kier molecular flexibility index (Phi) is 6.23. The molecule has 2 aromatic carbocycles. The molecule has 0 radical (unpaired) electrons. The molecule has 1 aliphatic heterocycles. The van der Waals surface area contributed by atoms with Gasteiger partial charge in [0.15, 0.2) is 11.5 Å². The summed E-state index contributed by atoms with van der Waals surface area (Å²) in [5, 5.41) is 3.46. The van der Waals surface area contributed by atoms with E-state index < -0.39 is 0 Å². The number of anilines is 2. The van der Waals surface area contributed by atoms with E-state index in [1.807, 2.05) is 31.2 Å². The Morgan fingerprint density at radius 2 is 1.96 bits per heavy atom. The van der Waals surface area contributed by atoms with Gasteiger partial charge in [0.05, 0.1) is 25.1 Å². The zero-order valence-corrected chi connectivity index (χ0v) is 15.6. The van der Waals surface area contributed by atoms with Crippen molar-refractivity contribution in [3.05, 3.63) is 47.5 Å². The zero-order valence-electron chi connectivity index (χ0n) is 15.6. The molecule has 1 heterocycles. The predicted molar refractivity (Wildman–Crippen MR) is 105 cm³/mol. The molecule has 1 fully saturated rings. The van der Waals surface area contributed by atoms with E-state index in [0.717, 1.165) is 54.5 Å². The summed E-state index contributed by atoms with van der Waals surface area (Å²) in [5.74, 6) is 1.99. The molecular weight excluding hydrogens is 328 g/mol. The lowest BCUT2D eigenvalue weighted by molar-refractivity contribution is 0.0855. The summed E-state index contributed by atoms with van der Waals surface area (Å²) >= 11 is 0. The van der Waals surface area contributed by atoms with Crippen molar-refractivity contribution < 1.29 is 14.2 Å². The molecule has 1 aliphatic rings. The number of benzene rings is 2. The molecular formula is C21H28N2O3. The number of nitrogens with one attached hydrogen (secondary N) is 1. The van der Waals surface area contributed by atoms with Gasteiger partial charge in [-0.25, -0.2) is 0 Å². The Bertz CT molecular complexity index is 727. The summed E-state index contributed by atoms with van der Waals surface area (Å²) in [4.78, 5) is 0. The summed E-state index contributed by atoms with van der Waals surface area (Å²) in [6, 6.07) is 12.2. The van der Waals surface area contributed by atoms with Gasteiger partial charge in [-0.15, -0.1) is 0 Å². The summed E-state index contributed by atoms with van der Waals surface area (Å²) in [5.41, 5.74) is 10.6. The van der Waals surface area contributed by atoms with Crippen LogP contribution >= 0.6 is 0 Å². The second-order valence-electron chi connectivity index (χ2n) is 6.47. The van der Waals surface area contributed by atoms with Crippen molar-refractivity contribution >= 4 is 11.4 Å². The smallest absolute Gasteiger partial charge is 0.161 e. The van der Waals surface area contributed by atoms with E-state index in [2.05, 4.69) is 17.4 Å². The first-order chi connectivity index (χ1) is 12.7. The van der Waals surface area contributed by atoms with Crippen molar-refractivity contribution in [2.45, 2.75) is 32.2 Å². The molecule has 3 rings (SSSR count). The minimum absolute atomic E-state index is 0.482. The Labute approximate surface area is 155 Å². The van der Waals surface area contributed by atoms with Gasteiger partial charge in [-0.3, -0.25) is 0 Å². The van der Waals surface area contributed by atoms with Crippen LogP contribution in [-0.2, 0) is 11.3 Å². The molecule has 0 saturated carbocycles. The van der Waals surface area contributed by atoms with Crippen LogP contribution in [0.4, 0.5) is 11.4 Å². The summed E-state index contributed by atoms with van der Waals surface area (Å²) in [6.45, 7) is 4.87. The topological polar surface area (TPSA) is 65.7 Å². The molecule has 0 aromatic heterocycles. The molecule has 0 spiro atoms. The van der Waals surface area contributed by atoms with Crippen LogP contribution in [0.2, 0.25) is 0 Å². The van der Waals surface area contributed by atoms with Crippen molar-refractivity contribution in [2.75, 3.05) is 38.0 Å². The van der Waals surface area contributed by atoms with Gasteiger partial charge in [-0.05, 0) is 55.0 Å². The molecule has 2 aromatic rings. The lowest BCUT2D eigenvalue weighted by Crippen LogP contribution is -2.16. The highest BCUT2D eigenvalue weighted by Gasteiger charge is 2.19. The van der Waals surface area contributed by atoms with Crippen molar-refractivity contribution in [3.8, 4) is 11.5 Å². The second-order valence-corrected chi connectivity index (χ2v) is 6.47. The third-order valence-corrected chi connectivity index (χ3v) is 4.81. The molecule has 26 heavy (non-hydrogen) atoms. The monoisotopic (exact) mass is 356 g/mol. The largest absolute Gasteiger partial charge is 0.493 e. The van der Waals surface area contributed by atoms with Gasteiger partial charge >= 0.3 is 0 Å². The van der Waals surface area contributed by atoms with Crippen LogP contribution in [0.5, 0.6) is 11.5 Å². The summed E-state index contributed by atoms with van der Waals surface area (Å²) in [7, 11) is 1.65. The zero-order chi connectivity index (χ0) is 18.4. The number of hydrogen-bond donors (Lipinski definition) is 2. The van der Waals surface area contributed by atoms with E-state index in [0.29, 0.717) is 19.1 Å². The molecule has 0 amide bonds. The van der Waals surface area contributed by atoms with Gasteiger partial charge in [-0.2, -0.15) is 0 Å². The molecule has 0 bridgehead atoms. The molecule has 3 N–H and O–H groups in total. The third kappa shape index (κ3) is 4.22. The van der Waals surface area contributed by atoms with Crippen molar-refractivity contribution in [1.29, 1.82) is 0 Å². The highest BCUT2D eigenvalue weighted by atomic mass is 16.5. The van der Waals surface area contributed by atoms with Crippen LogP contribution in [0.25, 0.3) is 0 Å². The Morgan fingerprint density at radius 1 is 1.15 bits per heavy atom. The fraction of sp³-hybridized carbons (Fsp3) is 0.429. The molecule has 0 unspecified atom stereocenters. The second kappa shape index (κ2) is 8.81. The van der Waals surface area contributed by atoms with Crippen molar-refractivity contribution in [2.24, 2.45) is 0 Å². The molecule has 5 nitrogen and oxygen atoms in total. The average Bonchev–Trinajstić information content (AvgIpc) is 2.68. The number of methoxy groups -OCH3 is 1. The summed E-state index contributed by atoms with van der Waals surface area (Å²) in [6.07, 6.45) is 2.06. The van der Waals surface area contributed by atoms with Gasteiger partial charge in [0.2, 0.25) is 0 Å². The maximum absolute atomic E-state index is 6.45. The van der Waals surface area contributed by atoms with E-state index >= 15 is 0 Å². The van der Waals surface area contributed by atoms with Crippen LogP contribution in [0, 0.1) is 0 Å². The van der Waals surface area contributed by atoms with E-state index in [-0.39, 0.29) is 0 Å². The number of nitrogens with two attached hydrogens (primary N) is 1. The van der Waals surface area contributed by atoms with Crippen LogP contribution in [-0.4, -0.2) is 26.9 Å². The quantitative estimate of drug-likeness (QED) is 0.729. The van der Waals surface area contributed by atoms with Crippen molar-refractivity contribution in [1.82, 2.24) is 0 Å². The number of nitrogen functional groups attached to an aromatic ring is 1. The van der Waals surface area contributed by atoms with Crippen LogP contribution in [0.15, 0.2) is 36.4 Å². The Morgan fingerprint density at radius 3 is 2.69 bits per heavy atom. The lowest BCUT2D eigenvalue weighted by Gasteiger charge is -2.24. The maximum atomic E-state index is 6.45. The molecule has 1 saturated heterocycles. The SMILES string of the molecule is CCOc1cc(CNc2cccc(C3CCOCC3)c2N)ccc1OC. The van der Waals surface area contributed by atoms with Crippen LogP contribution < -0.4 is 20.5 Å². The van der Waals surface area contributed by atoms with Crippen LogP contribution in [0.3, 0.4) is 0 Å². The fourth-order valence-corrected chi connectivity index (χ4v) is 3.40. The summed E-state index contributed by atoms with van der Waals surface area (Å²) < 4.78 is 16.5. The number of rotatable bonds is 7. The minimum atomic E-state index is 0.482. The van der Waals surface area contributed by atoms with E-state index in [1.165, 1.54) is 5.56 Å². The van der Waals surface area contributed by atoms with Gasteiger partial charge in [0.25, 0.3) is 0 Å². The number of ether oxygens (including phenoxy) is 3. The van der Waals surface area contributed by atoms with Crippen molar-refractivity contribution in [3.63, 3.8) is 0 Å². The molecule has 0 aliphatic carbocycles. The Balaban J connectivity index is 1.72. The number of para-hydroxylation sites is 1. The van der Waals surface area contributed by atoms with Gasteiger partial charge in [-0.1, -0.05) is 18.2 Å². The first kappa shape index (κ1) is 18.4. The van der Waals surface area contributed by atoms with Gasteiger partial charge in [0.1, 0.15) is 0 Å². The fourth-order valence-electron chi connectivity index (χ4n) is 3.40. The number of hydrogen-bond acceptors (Lipinski definition) is 5. The third-order valence-electron chi connectivity index (χ3n) is 4.81. The predicted octanol–water partition coefficient (Wildman–Crippen LogP) is 4.18. The molecule has 5 heteroatoms. The highest BCUT2D eigenvalue weighted by Crippen LogP contribution is 2.35. The highest BCUT2D eigenvalue weighted by molar-refractivity contribution is 5.70. The normalized spacial score (nSPS) is 14.8. The lowest BCUT2D eigenvalue weighted by atomic mass is 9.90. The Hall–Kier alpha value is -2.40. The first-order valence-electron chi connectivity index (χ1n) is 9.22. The van der Waals surface area contributed by atoms with Gasteiger partial charge < -0.3 is 25.3 Å². The van der Waals surface area contributed by atoms with Gasteiger partial charge in [0, 0.05) is 19.8 Å². The van der Waals surface area contributed by atoms with E-state index in [4.69, 9.17) is 19.9 Å². The van der Waals surface area contributed by atoms with E-state index in [1.54, 1.807) is 7.11 Å². The minimum Gasteiger partial charge on any atom is -0.493 e. The first-order valence-corrected chi connectivity index (χ1v) is 9.22.